The van der Waals surface area contributed by atoms with Crippen LogP contribution in [0.15, 0.2) is 54.6 Å². The van der Waals surface area contributed by atoms with E-state index in [-0.39, 0.29) is 11.5 Å². The molecule has 6 heteroatoms. The molecule has 1 aliphatic carbocycles. The summed E-state index contributed by atoms with van der Waals surface area (Å²) >= 11 is 0. The van der Waals surface area contributed by atoms with Crippen LogP contribution in [0.25, 0.3) is 0 Å². The number of carbonyl (C=O) groups excluding carboxylic acids is 3. The van der Waals surface area contributed by atoms with Gasteiger partial charge < -0.3 is 15.4 Å². The summed E-state index contributed by atoms with van der Waals surface area (Å²) in [6.45, 7) is 0.469. The lowest BCUT2D eigenvalue weighted by atomic mass is 10.0. The Balaban J connectivity index is 1.61. The lowest BCUT2D eigenvalue weighted by Crippen LogP contribution is -2.40. The lowest BCUT2D eigenvalue weighted by molar-refractivity contribution is -0.134. The van der Waals surface area contributed by atoms with Crippen molar-refractivity contribution < 1.29 is 19.1 Å². The van der Waals surface area contributed by atoms with E-state index >= 15 is 0 Å². The molecular weight excluding hydrogens is 344 g/mol. The molecule has 0 aliphatic heterocycles. The van der Waals surface area contributed by atoms with Crippen LogP contribution < -0.4 is 10.6 Å². The highest BCUT2D eigenvalue weighted by Crippen LogP contribution is 2.47. The van der Waals surface area contributed by atoms with Crippen LogP contribution in [0.1, 0.15) is 28.8 Å². The molecule has 6 nitrogen and oxygen atoms in total. The molecule has 3 rings (SSSR count). The quantitative estimate of drug-likeness (QED) is 0.583. The molecule has 0 radical (unpaired) electrons. The van der Waals surface area contributed by atoms with Crippen molar-refractivity contribution in [1.29, 1.82) is 0 Å². The predicted octanol–water partition coefficient (Wildman–Crippen LogP) is 2.55. The molecule has 2 aromatic carbocycles. The first-order valence-corrected chi connectivity index (χ1v) is 8.88. The molecule has 0 atom stereocenters. The van der Waals surface area contributed by atoms with Gasteiger partial charge in [0.2, 0.25) is 11.8 Å². The molecule has 0 aromatic heterocycles. The number of benzene rings is 2. The summed E-state index contributed by atoms with van der Waals surface area (Å²) in [5, 5.41) is 5.57. The van der Waals surface area contributed by atoms with Gasteiger partial charge in [-0.05, 0) is 37.0 Å². The monoisotopic (exact) mass is 366 g/mol. The standard InChI is InChI=1S/C21H22N2O4/c1-27-18(24)16-9-5-6-10-17(16)23-20(26)21(12-13-21)19(25)22-14-11-15-7-3-2-4-8-15/h2-10H,11-14H2,1H3,(H,22,25)(H,23,26). The second kappa shape index (κ2) is 8.03. The number of esters is 1. The molecule has 140 valence electrons. The third-order valence-corrected chi connectivity index (χ3v) is 4.74. The number of ether oxygens (including phenoxy) is 1. The minimum Gasteiger partial charge on any atom is -0.465 e. The normalized spacial score (nSPS) is 14.1. The lowest BCUT2D eigenvalue weighted by Gasteiger charge is -2.16. The Kier molecular flexibility index (Phi) is 5.54. The minimum atomic E-state index is -1.06. The van der Waals surface area contributed by atoms with E-state index in [9.17, 15) is 14.4 Å². The number of anilines is 1. The molecule has 0 heterocycles. The van der Waals surface area contributed by atoms with Gasteiger partial charge in [0.05, 0.1) is 18.4 Å². The fourth-order valence-corrected chi connectivity index (χ4v) is 2.94. The number of carbonyl (C=O) groups is 3. The Labute approximate surface area is 157 Å². The molecule has 2 N–H and O–H groups in total. The number of hydrogen-bond donors (Lipinski definition) is 2. The summed E-state index contributed by atoms with van der Waals surface area (Å²) in [5.74, 6) is -1.20. The van der Waals surface area contributed by atoms with E-state index in [1.807, 2.05) is 30.3 Å². The highest BCUT2D eigenvalue weighted by atomic mass is 16.5. The van der Waals surface area contributed by atoms with E-state index in [0.29, 0.717) is 31.5 Å². The molecule has 0 bridgehead atoms. The maximum atomic E-state index is 12.7. The van der Waals surface area contributed by atoms with Crippen LogP contribution >= 0.6 is 0 Å². The SMILES string of the molecule is COC(=O)c1ccccc1NC(=O)C1(C(=O)NCCc2ccccc2)CC1. The molecule has 27 heavy (non-hydrogen) atoms. The number of nitrogens with one attached hydrogen (secondary N) is 2. The van der Waals surface area contributed by atoms with Crippen LogP contribution in [-0.2, 0) is 20.7 Å². The van der Waals surface area contributed by atoms with Gasteiger partial charge in [0, 0.05) is 6.54 Å². The van der Waals surface area contributed by atoms with E-state index in [0.717, 1.165) is 5.56 Å². The largest absolute Gasteiger partial charge is 0.465 e. The van der Waals surface area contributed by atoms with Gasteiger partial charge >= 0.3 is 5.97 Å². The van der Waals surface area contributed by atoms with Gasteiger partial charge in [-0.15, -0.1) is 0 Å². The molecule has 2 amide bonds. The number of rotatable bonds is 7. The maximum absolute atomic E-state index is 12.7. The fraction of sp³-hybridized carbons (Fsp3) is 0.286. The predicted molar refractivity (Wildman–Crippen MR) is 101 cm³/mol. The molecule has 1 saturated carbocycles. The Morgan fingerprint density at radius 1 is 0.963 bits per heavy atom. The summed E-state index contributed by atoms with van der Waals surface area (Å²) in [6, 6.07) is 16.4. The molecular formula is C21H22N2O4. The highest BCUT2D eigenvalue weighted by molar-refractivity contribution is 6.14. The average Bonchev–Trinajstić information content (AvgIpc) is 3.51. The van der Waals surface area contributed by atoms with Crippen LogP contribution in [0.3, 0.4) is 0 Å². The number of methoxy groups -OCH3 is 1. The number of hydrogen-bond acceptors (Lipinski definition) is 4. The topological polar surface area (TPSA) is 84.5 Å². The van der Waals surface area contributed by atoms with Gasteiger partial charge in [0.25, 0.3) is 0 Å². The highest BCUT2D eigenvalue weighted by Gasteiger charge is 2.56. The van der Waals surface area contributed by atoms with Crippen molar-refractivity contribution in [2.45, 2.75) is 19.3 Å². The van der Waals surface area contributed by atoms with Crippen LogP contribution in [0.4, 0.5) is 5.69 Å². The first kappa shape index (κ1) is 18.6. The van der Waals surface area contributed by atoms with E-state index in [1.54, 1.807) is 24.3 Å². The molecule has 0 unspecified atom stereocenters. The number of amides is 2. The van der Waals surface area contributed by atoms with Gasteiger partial charge in [-0.25, -0.2) is 4.79 Å². The van der Waals surface area contributed by atoms with E-state index in [1.165, 1.54) is 7.11 Å². The van der Waals surface area contributed by atoms with Crippen molar-refractivity contribution in [3.05, 3.63) is 65.7 Å². The van der Waals surface area contributed by atoms with Gasteiger partial charge in [-0.1, -0.05) is 42.5 Å². The van der Waals surface area contributed by atoms with Crippen molar-refractivity contribution in [2.24, 2.45) is 5.41 Å². The second-order valence-electron chi connectivity index (χ2n) is 6.56. The van der Waals surface area contributed by atoms with Crippen LogP contribution in [-0.4, -0.2) is 31.4 Å². The molecule has 1 aliphatic rings. The van der Waals surface area contributed by atoms with Crippen molar-refractivity contribution in [3.8, 4) is 0 Å². The average molecular weight is 366 g/mol. The van der Waals surface area contributed by atoms with Crippen LogP contribution in [0, 0.1) is 5.41 Å². The summed E-state index contributed by atoms with van der Waals surface area (Å²) < 4.78 is 4.73. The molecule has 1 fully saturated rings. The Morgan fingerprint density at radius 3 is 2.30 bits per heavy atom. The van der Waals surface area contributed by atoms with Crippen molar-refractivity contribution in [2.75, 3.05) is 19.0 Å². The van der Waals surface area contributed by atoms with Gasteiger partial charge in [0.15, 0.2) is 0 Å². The summed E-state index contributed by atoms with van der Waals surface area (Å²) in [4.78, 5) is 37.1. The van der Waals surface area contributed by atoms with E-state index in [4.69, 9.17) is 4.74 Å². The first-order chi connectivity index (χ1) is 13.1. The van der Waals surface area contributed by atoms with Crippen molar-refractivity contribution >= 4 is 23.5 Å². The summed E-state index contributed by atoms with van der Waals surface area (Å²) in [7, 11) is 1.28. The second-order valence-corrected chi connectivity index (χ2v) is 6.56. The first-order valence-electron chi connectivity index (χ1n) is 8.88. The fourth-order valence-electron chi connectivity index (χ4n) is 2.94. The third-order valence-electron chi connectivity index (χ3n) is 4.74. The Bertz CT molecular complexity index is 844. The minimum absolute atomic E-state index is 0.258. The number of para-hydroxylation sites is 1. The van der Waals surface area contributed by atoms with E-state index < -0.39 is 17.3 Å². The molecule has 0 saturated heterocycles. The maximum Gasteiger partial charge on any atom is 0.339 e. The van der Waals surface area contributed by atoms with Crippen LogP contribution in [0.5, 0.6) is 0 Å². The zero-order valence-corrected chi connectivity index (χ0v) is 15.2. The zero-order valence-electron chi connectivity index (χ0n) is 15.2. The van der Waals surface area contributed by atoms with E-state index in [2.05, 4.69) is 10.6 Å². The Hall–Kier alpha value is -3.15. The summed E-state index contributed by atoms with van der Waals surface area (Å²) in [5.41, 5.74) is 0.672. The van der Waals surface area contributed by atoms with Gasteiger partial charge in [0.1, 0.15) is 5.41 Å². The smallest absolute Gasteiger partial charge is 0.339 e. The summed E-state index contributed by atoms with van der Waals surface area (Å²) in [6.07, 6.45) is 1.70. The van der Waals surface area contributed by atoms with Crippen LogP contribution in [0.2, 0.25) is 0 Å². The third kappa shape index (κ3) is 4.16. The zero-order chi connectivity index (χ0) is 19.3. The van der Waals surface area contributed by atoms with Crippen molar-refractivity contribution in [1.82, 2.24) is 5.32 Å². The molecule has 0 spiro atoms. The van der Waals surface area contributed by atoms with Gasteiger partial charge in [-0.3, -0.25) is 9.59 Å². The Morgan fingerprint density at radius 2 is 1.63 bits per heavy atom. The molecule has 2 aromatic rings. The van der Waals surface area contributed by atoms with Crippen molar-refractivity contribution in [3.63, 3.8) is 0 Å². The van der Waals surface area contributed by atoms with Gasteiger partial charge in [-0.2, -0.15) is 0 Å².